The van der Waals surface area contributed by atoms with E-state index in [9.17, 15) is 8.78 Å². The van der Waals surface area contributed by atoms with Crippen molar-refractivity contribution in [3.05, 3.63) is 40.2 Å². The van der Waals surface area contributed by atoms with Gasteiger partial charge in [0.15, 0.2) is 0 Å². The van der Waals surface area contributed by atoms with Crippen LogP contribution in [0.25, 0.3) is 11.3 Å². The molecule has 0 saturated heterocycles. The average molecular weight is 266 g/mol. The van der Waals surface area contributed by atoms with E-state index in [2.05, 4.69) is 4.98 Å². The molecule has 0 bridgehead atoms. The highest BCUT2D eigenvalue weighted by Gasteiger charge is 2.38. The summed E-state index contributed by atoms with van der Waals surface area (Å²) in [7, 11) is 0. The van der Waals surface area contributed by atoms with Gasteiger partial charge in [-0.3, -0.25) is 0 Å². The Kier molecular flexibility index (Phi) is 2.68. The average Bonchev–Trinajstić information content (AvgIpc) is 2.85. The molecule has 1 saturated carbocycles. The van der Waals surface area contributed by atoms with E-state index in [0.29, 0.717) is 11.3 Å². The molecule has 94 valence electrons. The predicted octanol–water partition coefficient (Wildman–Crippen LogP) is 3.12. The van der Waals surface area contributed by atoms with E-state index < -0.39 is 11.6 Å². The summed E-state index contributed by atoms with van der Waals surface area (Å²) in [6.07, 6.45) is 2.78. The van der Waals surface area contributed by atoms with Gasteiger partial charge < -0.3 is 5.73 Å². The minimum atomic E-state index is -0.583. The topological polar surface area (TPSA) is 38.9 Å². The van der Waals surface area contributed by atoms with E-state index in [1.165, 1.54) is 23.5 Å². The maximum Gasteiger partial charge on any atom is 0.135 e. The number of nitrogens with zero attached hydrogens (tertiary/aromatic N) is 1. The summed E-state index contributed by atoms with van der Waals surface area (Å²) in [6, 6.07) is 3.53. The fourth-order valence-electron chi connectivity index (χ4n) is 1.85. The minimum absolute atomic E-state index is 0.101. The molecule has 1 aliphatic rings. The molecule has 1 aliphatic carbocycles. The van der Waals surface area contributed by atoms with Gasteiger partial charge in [0, 0.05) is 29.0 Å². The predicted molar refractivity (Wildman–Crippen MR) is 67.3 cm³/mol. The number of halogens is 2. The molecule has 1 aromatic heterocycles. The zero-order valence-corrected chi connectivity index (χ0v) is 10.4. The Balaban J connectivity index is 1.88. The highest BCUT2D eigenvalue weighted by Crippen LogP contribution is 2.37. The number of hydrogen-bond donors (Lipinski definition) is 1. The van der Waals surface area contributed by atoms with Crippen LogP contribution in [0.1, 0.15) is 17.8 Å². The van der Waals surface area contributed by atoms with Crippen LogP contribution in [0, 0.1) is 11.6 Å². The van der Waals surface area contributed by atoms with Gasteiger partial charge in [0.1, 0.15) is 11.6 Å². The third kappa shape index (κ3) is 2.28. The molecule has 0 atom stereocenters. The van der Waals surface area contributed by atoms with Gasteiger partial charge >= 0.3 is 0 Å². The van der Waals surface area contributed by atoms with E-state index in [-0.39, 0.29) is 5.54 Å². The van der Waals surface area contributed by atoms with Crippen molar-refractivity contribution >= 4 is 11.3 Å². The second kappa shape index (κ2) is 4.10. The van der Waals surface area contributed by atoms with E-state index in [1.54, 1.807) is 5.38 Å². The lowest BCUT2D eigenvalue weighted by Gasteiger charge is -2.04. The number of thiazole rings is 1. The summed E-state index contributed by atoms with van der Waals surface area (Å²) in [5.41, 5.74) is 6.81. The zero-order valence-electron chi connectivity index (χ0n) is 9.62. The van der Waals surface area contributed by atoms with Gasteiger partial charge in [-0.1, -0.05) is 0 Å². The van der Waals surface area contributed by atoms with Crippen molar-refractivity contribution in [3.8, 4) is 11.3 Å². The summed E-state index contributed by atoms with van der Waals surface area (Å²) in [6.45, 7) is 0. The molecule has 0 unspecified atom stereocenters. The summed E-state index contributed by atoms with van der Waals surface area (Å²) in [5.74, 6) is -1.16. The van der Waals surface area contributed by atoms with Gasteiger partial charge in [-0.2, -0.15) is 0 Å². The van der Waals surface area contributed by atoms with E-state index in [4.69, 9.17) is 5.73 Å². The summed E-state index contributed by atoms with van der Waals surface area (Å²) < 4.78 is 26.4. The number of aromatic nitrogens is 1. The molecule has 2 aromatic rings. The van der Waals surface area contributed by atoms with Crippen LogP contribution in [0.5, 0.6) is 0 Å². The molecule has 1 heterocycles. The quantitative estimate of drug-likeness (QED) is 0.927. The first-order valence-electron chi connectivity index (χ1n) is 5.74. The summed E-state index contributed by atoms with van der Waals surface area (Å²) in [4.78, 5) is 4.37. The molecule has 3 rings (SSSR count). The Bertz CT molecular complexity index is 590. The summed E-state index contributed by atoms with van der Waals surface area (Å²) >= 11 is 1.47. The molecular weight excluding hydrogens is 254 g/mol. The smallest absolute Gasteiger partial charge is 0.135 e. The van der Waals surface area contributed by atoms with Crippen molar-refractivity contribution in [2.24, 2.45) is 5.73 Å². The first-order chi connectivity index (χ1) is 8.56. The van der Waals surface area contributed by atoms with E-state index in [1.807, 2.05) is 0 Å². The van der Waals surface area contributed by atoms with Crippen molar-refractivity contribution in [2.75, 3.05) is 0 Å². The molecule has 0 radical (unpaired) electrons. The van der Waals surface area contributed by atoms with E-state index >= 15 is 0 Å². The normalized spacial score (nSPS) is 16.8. The van der Waals surface area contributed by atoms with Gasteiger partial charge in [0.2, 0.25) is 0 Å². The van der Waals surface area contributed by atoms with Crippen LogP contribution in [0.15, 0.2) is 23.6 Å². The molecule has 2 nitrogen and oxygen atoms in total. The maximum atomic E-state index is 13.6. The van der Waals surface area contributed by atoms with Crippen LogP contribution < -0.4 is 5.73 Å². The van der Waals surface area contributed by atoms with E-state index in [0.717, 1.165) is 30.3 Å². The molecule has 0 spiro atoms. The molecule has 5 heteroatoms. The largest absolute Gasteiger partial charge is 0.325 e. The number of benzene rings is 1. The lowest BCUT2D eigenvalue weighted by molar-refractivity contribution is 0.585. The third-order valence-corrected chi connectivity index (χ3v) is 4.00. The lowest BCUT2D eigenvalue weighted by Crippen LogP contribution is -2.24. The van der Waals surface area contributed by atoms with Gasteiger partial charge in [0.25, 0.3) is 0 Å². The molecule has 18 heavy (non-hydrogen) atoms. The van der Waals surface area contributed by atoms with Crippen LogP contribution in [-0.2, 0) is 6.42 Å². The third-order valence-electron chi connectivity index (χ3n) is 3.15. The molecule has 1 fully saturated rings. The zero-order chi connectivity index (χ0) is 12.8. The first-order valence-corrected chi connectivity index (χ1v) is 6.62. The SMILES string of the molecule is NC1(Cc2nc(-c3ccc(F)cc3F)cs2)CC1. The van der Waals surface area contributed by atoms with Gasteiger partial charge in [-0.15, -0.1) is 11.3 Å². The Morgan fingerprint density at radius 3 is 2.78 bits per heavy atom. The summed E-state index contributed by atoms with van der Waals surface area (Å²) in [5, 5.41) is 2.70. The van der Waals surface area contributed by atoms with Crippen LogP contribution >= 0.6 is 11.3 Å². The fourth-order valence-corrected chi connectivity index (χ4v) is 2.80. The number of rotatable bonds is 3. The molecule has 1 aromatic carbocycles. The van der Waals surface area contributed by atoms with Crippen molar-refractivity contribution in [1.82, 2.24) is 4.98 Å². The van der Waals surface area contributed by atoms with Crippen LogP contribution in [0.2, 0.25) is 0 Å². The van der Waals surface area contributed by atoms with Gasteiger partial charge in [-0.25, -0.2) is 13.8 Å². The molecule has 0 aliphatic heterocycles. The van der Waals surface area contributed by atoms with Crippen LogP contribution in [0.3, 0.4) is 0 Å². The highest BCUT2D eigenvalue weighted by atomic mass is 32.1. The maximum absolute atomic E-state index is 13.6. The first kappa shape index (κ1) is 11.7. The number of nitrogens with two attached hydrogens (primary N) is 1. The van der Waals surface area contributed by atoms with Crippen molar-refractivity contribution < 1.29 is 8.78 Å². The Labute approximate surface area is 107 Å². The minimum Gasteiger partial charge on any atom is -0.325 e. The second-order valence-electron chi connectivity index (χ2n) is 4.79. The van der Waals surface area contributed by atoms with Crippen LogP contribution in [0.4, 0.5) is 8.78 Å². The molecule has 2 N–H and O–H groups in total. The van der Waals surface area contributed by atoms with Crippen molar-refractivity contribution in [3.63, 3.8) is 0 Å². The van der Waals surface area contributed by atoms with Crippen molar-refractivity contribution in [2.45, 2.75) is 24.8 Å². The molecular formula is C13H12F2N2S. The van der Waals surface area contributed by atoms with Crippen LogP contribution in [-0.4, -0.2) is 10.5 Å². The fraction of sp³-hybridized carbons (Fsp3) is 0.308. The second-order valence-corrected chi connectivity index (χ2v) is 5.73. The van der Waals surface area contributed by atoms with Crippen molar-refractivity contribution in [1.29, 1.82) is 0 Å². The highest BCUT2D eigenvalue weighted by molar-refractivity contribution is 7.10. The Hall–Kier alpha value is -1.33. The molecule has 0 amide bonds. The Morgan fingerprint density at radius 1 is 1.33 bits per heavy atom. The van der Waals surface area contributed by atoms with Gasteiger partial charge in [-0.05, 0) is 25.0 Å². The van der Waals surface area contributed by atoms with Gasteiger partial charge in [0.05, 0.1) is 10.7 Å². The lowest BCUT2D eigenvalue weighted by atomic mass is 10.1. The monoisotopic (exact) mass is 266 g/mol. The Morgan fingerprint density at radius 2 is 2.11 bits per heavy atom. The standard InChI is InChI=1S/C13H12F2N2S/c14-8-1-2-9(10(15)5-8)11-7-18-12(17-11)6-13(16)3-4-13/h1-2,5,7H,3-4,6,16H2. The number of hydrogen-bond acceptors (Lipinski definition) is 3.